The summed E-state index contributed by atoms with van der Waals surface area (Å²) in [4.78, 5) is 0. The lowest BCUT2D eigenvalue weighted by molar-refractivity contribution is 0.478. The van der Waals surface area contributed by atoms with Gasteiger partial charge in [0.25, 0.3) is 0 Å². The molecule has 1 N–H and O–H groups in total. The van der Waals surface area contributed by atoms with Gasteiger partial charge in [-0.25, -0.2) is 13.2 Å². The Morgan fingerprint density at radius 2 is 1.33 bits per heavy atom. The molecule has 5 heteroatoms. The maximum atomic E-state index is 13.4. The third kappa shape index (κ3) is 3.77. The number of rotatable bonds is 4. The van der Waals surface area contributed by atoms with Gasteiger partial charge in [-0.1, -0.05) is 23.7 Å². The second-order valence-corrected chi connectivity index (χ2v) is 5.36. The molecule has 0 aromatic heterocycles. The molecule has 0 amide bonds. The van der Waals surface area contributed by atoms with Crippen LogP contribution in [0.1, 0.15) is 37.1 Å². The molecule has 0 aliphatic rings. The Hall–Kier alpha value is -1.52. The van der Waals surface area contributed by atoms with Crippen LogP contribution >= 0.6 is 11.6 Å². The highest BCUT2D eigenvalue weighted by atomic mass is 35.5. The molecule has 0 bridgehead atoms. The average Bonchev–Trinajstić information content (AvgIpc) is 2.44. The van der Waals surface area contributed by atoms with E-state index in [9.17, 15) is 13.2 Å². The maximum absolute atomic E-state index is 13.4. The van der Waals surface area contributed by atoms with Crippen LogP contribution in [-0.2, 0) is 0 Å². The minimum atomic E-state index is -0.883. The monoisotopic (exact) mass is 313 g/mol. The number of hydrogen-bond acceptors (Lipinski definition) is 1. The van der Waals surface area contributed by atoms with Gasteiger partial charge in [0.1, 0.15) is 5.82 Å². The molecule has 21 heavy (non-hydrogen) atoms. The minimum absolute atomic E-state index is 0.0691. The lowest BCUT2D eigenvalue weighted by atomic mass is 10.0. The van der Waals surface area contributed by atoms with Crippen molar-refractivity contribution in [3.05, 3.63) is 70.0 Å². The smallest absolute Gasteiger partial charge is 0.159 e. The largest absolute Gasteiger partial charge is 0.304 e. The molecule has 2 aromatic rings. The van der Waals surface area contributed by atoms with E-state index in [-0.39, 0.29) is 17.1 Å². The predicted molar refractivity (Wildman–Crippen MR) is 77.7 cm³/mol. The van der Waals surface area contributed by atoms with Crippen LogP contribution in [0.4, 0.5) is 13.2 Å². The summed E-state index contributed by atoms with van der Waals surface area (Å²) in [5.74, 6) is -2.24. The van der Waals surface area contributed by atoms with Crippen LogP contribution < -0.4 is 5.32 Å². The van der Waals surface area contributed by atoms with E-state index < -0.39 is 17.5 Å². The van der Waals surface area contributed by atoms with E-state index in [2.05, 4.69) is 5.32 Å². The fraction of sp³-hybridized carbons (Fsp3) is 0.250. The van der Waals surface area contributed by atoms with Crippen LogP contribution in [0.2, 0.25) is 5.02 Å². The highest BCUT2D eigenvalue weighted by Gasteiger charge is 2.14. The van der Waals surface area contributed by atoms with Crippen LogP contribution in [0.5, 0.6) is 0 Å². The molecular formula is C16H15ClF3N. The molecule has 0 spiro atoms. The first kappa shape index (κ1) is 15.9. The lowest BCUT2D eigenvalue weighted by Gasteiger charge is -2.21. The fourth-order valence-electron chi connectivity index (χ4n) is 2.13. The van der Waals surface area contributed by atoms with Crippen molar-refractivity contribution in [3.63, 3.8) is 0 Å². The van der Waals surface area contributed by atoms with Crippen LogP contribution in [0.25, 0.3) is 0 Å². The predicted octanol–water partition coefficient (Wildman–Crippen LogP) is 5.17. The average molecular weight is 314 g/mol. The molecule has 0 heterocycles. The molecule has 2 atom stereocenters. The van der Waals surface area contributed by atoms with E-state index >= 15 is 0 Å². The van der Waals surface area contributed by atoms with E-state index in [1.54, 1.807) is 6.07 Å². The Kier molecular flexibility index (Phi) is 4.91. The van der Waals surface area contributed by atoms with E-state index in [0.717, 1.165) is 17.7 Å². The molecule has 112 valence electrons. The van der Waals surface area contributed by atoms with Gasteiger partial charge >= 0.3 is 0 Å². The third-order valence-electron chi connectivity index (χ3n) is 3.39. The van der Waals surface area contributed by atoms with Gasteiger partial charge in [-0.05, 0) is 49.2 Å². The van der Waals surface area contributed by atoms with Crippen molar-refractivity contribution in [2.45, 2.75) is 25.9 Å². The van der Waals surface area contributed by atoms with Gasteiger partial charge in [0.05, 0.1) is 5.02 Å². The molecular weight excluding hydrogens is 299 g/mol. The first-order valence-corrected chi connectivity index (χ1v) is 6.92. The Labute approximate surface area is 126 Å². The second-order valence-electron chi connectivity index (χ2n) is 4.96. The maximum Gasteiger partial charge on any atom is 0.159 e. The van der Waals surface area contributed by atoms with Gasteiger partial charge in [-0.2, -0.15) is 0 Å². The van der Waals surface area contributed by atoms with E-state index in [1.165, 1.54) is 18.2 Å². The van der Waals surface area contributed by atoms with Gasteiger partial charge < -0.3 is 5.32 Å². The zero-order chi connectivity index (χ0) is 15.6. The van der Waals surface area contributed by atoms with Crippen molar-refractivity contribution in [3.8, 4) is 0 Å². The van der Waals surface area contributed by atoms with Crippen LogP contribution in [0, 0.1) is 17.5 Å². The first-order valence-electron chi connectivity index (χ1n) is 6.54. The number of halogens is 4. The Bertz CT molecular complexity index is 590. The van der Waals surface area contributed by atoms with Crippen molar-refractivity contribution in [1.29, 1.82) is 0 Å². The van der Waals surface area contributed by atoms with E-state index in [1.807, 2.05) is 13.8 Å². The Balaban J connectivity index is 2.12. The highest BCUT2D eigenvalue weighted by Crippen LogP contribution is 2.23. The Morgan fingerprint density at radius 3 is 1.86 bits per heavy atom. The zero-order valence-corrected chi connectivity index (χ0v) is 12.4. The van der Waals surface area contributed by atoms with Gasteiger partial charge in [0.2, 0.25) is 0 Å². The molecule has 0 saturated carbocycles. The molecule has 2 aromatic carbocycles. The Morgan fingerprint density at radius 1 is 0.810 bits per heavy atom. The van der Waals surface area contributed by atoms with E-state index in [4.69, 9.17) is 11.6 Å². The quantitative estimate of drug-likeness (QED) is 0.821. The van der Waals surface area contributed by atoms with Crippen molar-refractivity contribution in [2.75, 3.05) is 0 Å². The first-order chi connectivity index (χ1) is 9.88. The summed E-state index contributed by atoms with van der Waals surface area (Å²) in [7, 11) is 0. The minimum Gasteiger partial charge on any atom is -0.304 e. The summed E-state index contributed by atoms with van der Waals surface area (Å²) in [6.45, 7) is 3.69. The van der Waals surface area contributed by atoms with Crippen LogP contribution in [0.15, 0.2) is 36.4 Å². The summed E-state index contributed by atoms with van der Waals surface area (Å²) in [6, 6.07) is 7.96. The van der Waals surface area contributed by atoms with Gasteiger partial charge in [0, 0.05) is 12.1 Å². The molecule has 0 fully saturated rings. The molecule has 2 unspecified atom stereocenters. The number of hydrogen-bond donors (Lipinski definition) is 1. The third-order valence-corrected chi connectivity index (χ3v) is 3.69. The molecule has 0 radical (unpaired) electrons. The number of benzene rings is 2. The van der Waals surface area contributed by atoms with Gasteiger partial charge in [-0.3, -0.25) is 0 Å². The molecule has 1 nitrogen and oxygen atoms in total. The summed E-state index contributed by atoms with van der Waals surface area (Å²) in [5, 5.41) is 3.28. The summed E-state index contributed by atoms with van der Waals surface area (Å²) < 4.78 is 39.6. The van der Waals surface area contributed by atoms with Crippen molar-refractivity contribution < 1.29 is 13.2 Å². The van der Waals surface area contributed by atoms with Crippen molar-refractivity contribution in [1.82, 2.24) is 5.32 Å². The molecule has 0 saturated heterocycles. The summed E-state index contributed by atoms with van der Waals surface area (Å²) >= 11 is 5.65. The normalized spacial score (nSPS) is 14.0. The summed E-state index contributed by atoms with van der Waals surface area (Å²) in [6.07, 6.45) is 0. The van der Waals surface area contributed by atoms with Crippen molar-refractivity contribution in [2.24, 2.45) is 0 Å². The number of nitrogens with one attached hydrogen (secondary N) is 1. The summed E-state index contributed by atoms with van der Waals surface area (Å²) in [5.41, 5.74) is 1.35. The topological polar surface area (TPSA) is 12.0 Å². The van der Waals surface area contributed by atoms with Gasteiger partial charge in [-0.15, -0.1) is 0 Å². The molecule has 0 aliphatic carbocycles. The van der Waals surface area contributed by atoms with Gasteiger partial charge in [0.15, 0.2) is 11.6 Å². The standard InChI is InChI=1S/C16H15ClF3N/c1-9(11-3-5-13(17)15(19)7-11)21-10(2)12-4-6-14(18)16(20)8-12/h3-10,21H,1-2H3. The zero-order valence-electron chi connectivity index (χ0n) is 11.6. The molecule has 2 rings (SSSR count). The fourth-order valence-corrected chi connectivity index (χ4v) is 2.25. The second kappa shape index (κ2) is 6.50. The lowest BCUT2D eigenvalue weighted by Crippen LogP contribution is -2.22. The van der Waals surface area contributed by atoms with Crippen molar-refractivity contribution >= 4 is 11.6 Å². The molecule has 0 aliphatic heterocycles. The van der Waals surface area contributed by atoms with Crippen LogP contribution in [0.3, 0.4) is 0 Å². The highest BCUT2D eigenvalue weighted by molar-refractivity contribution is 6.30. The van der Waals surface area contributed by atoms with Crippen LogP contribution in [-0.4, -0.2) is 0 Å². The SMILES string of the molecule is CC(NC(C)c1ccc(Cl)c(F)c1)c1ccc(F)c(F)c1. The van der Waals surface area contributed by atoms with E-state index in [0.29, 0.717) is 5.56 Å².